The lowest BCUT2D eigenvalue weighted by Gasteiger charge is -2.28. The van der Waals surface area contributed by atoms with Gasteiger partial charge in [-0.15, -0.1) is 0 Å². The van der Waals surface area contributed by atoms with Crippen LogP contribution < -0.4 is 4.74 Å². The SMILES string of the molecule is CCC1CCC(O)CC1.CCC1CCC(Oc2ccc(Br)cc2)CC1.Oc1ccc(Br)cc1. The summed E-state index contributed by atoms with van der Waals surface area (Å²) < 4.78 is 8.07. The highest BCUT2D eigenvalue weighted by atomic mass is 79.9. The van der Waals surface area contributed by atoms with E-state index < -0.39 is 0 Å². The van der Waals surface area contributed by atoms with E-state index in [0.29, 0.717) is 11.9 Å². The third kappa shape index (κ3) is 11.8. The van der Waals surface area contributed by atoms with E-state index in [4.69, 9.17) is 14.9 Å². The lowest BCUT2D eigenvalue weighted by atomic mass is 9.86. The molecule has 2 N–H and O–H groups in total. The number of phenolic OH excluding ortho intramolecular Hbond substituents is 1. The van der Waals surface area contributed by atoms with Gasteiger partial charge in [-0.05, 0) is 112 Å². The van der Waals surface area contributed by atoms with Gasteiger partial charge in [0.15, 0.2) is 0 Å². The number of aromatic hydroxyl groups is 1. The molecule has 0 bridgehead atoms. The summed E-state index contributed by atoms with van der Waals surface area (Å²) >= 11 is 6.67. The molecule has 5 heteroatoms. The first kappa shape index (κ1) is 28.2. The molecule has 0 amide bonds. The van der Waals surface area contributed by atoms with E-state index in [-0.39, 0.29) is 6.10 Å². The summed E-state index contributed by atoms with van der Waals surface area (Å²) in [6, 6.07) is 15.0. The van der Waals surface area contributed by atoms with Crippen LogP contribution in [0.5, 0.6) is 11.5 Å². The summed E-state index contributed by atoms with van der Waals surface area (Å²) in [5.41, 5.74) is 0. The van der Waals surface area contributed by atoms with Crippen molar-refractivity contribution in [3.8, 4) is 11.5 Å². The molecule has 4 rings (SSSR count). The third-order valence-electron chi connectivity index (χ3n) is 6.71. The summed E-state index contributed by atoms with van der Waals surface area (Å²) in [6.07, 6.45) is 12.7. The van der Waals surface area contributed by atoms with Crippen LogP contribution in [0.4, 0.5) is 0 Å². The summed E-state index contributed by atoms with van der Waals surface area (Å²) in [5, 5.41) is 17.9. The van der Waals surface area contributed by atoms with E-state index >= 15 is 0 Å². The van der Waals surface area contributed by atoms with Gasteiger partial charge in [0, 0.05) is 8.95 Å². The summed E-state index contributed by atoms with van der Waals surface area (Å²) in [5.74, 6) is 3.15. The average Bonchev–Trinajstić information content (AvgIpc) is 2.84. The van der Waals surface area contributed by atoms with Crippen molar-refractivity contribution < 1.29 is 14.9 Å². The van der Waals surface area contributed by atoms with E-state index in [9.17, 15) is 0 Å². The molecule has 0 atom stereocenters. The monoisotopic (exact) mass is 582 g/mol. The molecule has 0 aliphatic heterocycles. The maximum Gasteiger partial charge on any atom is 0.119 e. The molecule has 0 radical (unpaired) electrons. The number of phenols is 1. The molecule has 0 heterocycles. The van der Waals surface area contributed by atoms with Crippen molar-refractivity contribution >= 4 is 31.9 Å². The van der Waals surface area contributed by atoms with Gasteiger partial charge >= 0.3 is 0 Å². The Morgan fingerprint density at radius 1 is 0.697 bits per heavy atom. The summed E-state index contributed by atoms with van der Waals surface area (Å²) in [7, 11) is 0. The number of hydrogen-bond acceptors (Lipinski definition) is 3. The van der Waals surface area contributed by atoms with Gasteiger partial charge in [0.25, 0.3) is 0 Å². The number of rotatable bonds is 4. The lowest BCUT2D eigenvalue weighted by molar-refractivity contribution is 0.108. The molecule has 0 spiro atoms. The van der Waals surface area contributed by atoms with Crippen LogP contribution in [-0.4, -0.2) is 22.4 Å². The van der Waals surface area contributed by atoms with Crippen molar-refractivity contribution in [3.63, 3.8) is 0 Å². The standard InChI is InChI=1S/C14H19BrO.C8H16O.C6H5BrO/c1-2-11-3-7-13(8-4-11)16-14-9-5-12(15)6-10-14;1-2-7-3-5-8(9)6-4-7;7-5-1-3-6(8)4-2-5/h5-6,9-11,13H,2-4,7-8H2,1H3;7-9H,2-6H2,1H3;1-4,8H. The lowest BCUT2D eigenvalue weighted by Crippen LogP contribution is -2.23. The molecule has 184 valence electrons. The Balaban J connectivity index is 0.000000192. The van der Waals surface area contributed by atoms with Gasteiger partial charge in [0.05, 0.1) is 12.2 Å². The number of halogens is 2. The van der Waals surface area contributed by atoms with Gasteiger partial charge in [0.2, 0.25) is 0 Å². The molecule has 2 saturated carbocycles. The van der Waals surface area contributed by atoms with Crippen molar-refractivity contribution in [3.05, 3.63) is 57.5 Å². The van der Waals surface area contributed by atoms with Crippen LogP contribution >= 0.6 is 31.9 Å². The van der Waals surface area contributed by atoms with Crippen molar-refractivity contribution in [2.75, 3.05) is 0 Å². The maximum absolute atomic E-state index is 9.12. The second kappa shape index (κ2) is 15.8. The predicted octanol–water partition coefficient (Wildman–Crippen LogP) is 8.90. The predicted molar refractivity (Wildman–Crippen MR) is 145 cm³/mol. The Morgan fingerprint density at radius 3 is 1.55 bits per heavy atom. The number of aliphatic hydroxyl groups is 1. The minimum Gasteiger partial charge on any atom is -0.508 e. The molecule has 3 nitrogen and oxygen atoms in total. The fourth-order valence-corrected chi connectivity index (χ4v) is 4.89. The summed E-state index contributed by atoms with van der Waals surface area (Å²) in [4.78, 5) is 0. The van der Waals surface area contributed by atoms with Gasteiger partial charge in [-0.3, -0.25) is 0 Å². The highest BCUT2D eigenvalue weighted by Crippen LogP contribution is 2.29. The molecule has 0 aromatic heterocycles. The first-order valence-electron chi connectivity index (χ1n) is 12.4. The molecule has 2 aromatic carbocycles. The zero-order valence-corrected chi connectivity index (χ0v) is 23.2. The van der Waals surface area contributed by atoms with Gasteiger partial charge < -0.3 is 14.9 Å². The zero-order valence-electron chi connectivity index (χ0n) is 20.1. The van der Waals surface area contributed by atoms with Gasteiger partial charge in [0.1, 0.15) is 11.5 Å². The molecule has 2 aliphatic rings. The van der Waals surface area contributed by atoms with Crippen LogP contribution in [0.15, 0.2) is 57.5 Å². The van der Waals surface area contributed by atoms with Gasteiger partial charge in [-0.1, -0.05) is 58.5 Å². The van der Waals surface area contributed by atoms with Crippen molar-refractivity contribution in [1.29, 1.82) is 0 Å². The Kier molecular flexibility index (Phi) is 13.5. The third-order valence-corrected chi connectivity index (χ3v) is 7.77. The molecule has 33 heavy (non-hydrogen) atoms. The molecule has 2 fully saturated rings. The largest absolute Gasteiger partial charge is 0.508 e. The normalized spacial score (nSPS) is 24.5. The van der Waals surface area contributed by atoms with Crippen molar-refractivity contribution in [1.82, 2.24) is 0 Å². The fraction of sp³-hybridized carbons (Fsp3) is 0.571. The molecule has 2 aliphatic carbocycles. The fourth-order valence-electron chi connectivity index (χ4n) is 4.36. The van der Waals surface area contributed by atoms with Crippen LogP contribution in [0.1, 0.15) is 78.1 Å². The molecule has 0 unspecified atom stereocenters. The second-order valence-electron chi connectivity index (χ2n) is 9.18. The first-order chi connectivity index (χ1) is 15.9. The molecule has 0 saturated heterocycles. The number of benzene rings is 2. The molecule has 2 aromatic rings. The van der Waals surface area contributed by atoms with E-state index in [0.717, 1.165) is 39.4 Å². The number of aliphatic hydroxyl groups excluding tert-OH is 1. The number of hydrogen-bond donors (Lipinski definition) is 2. The van der Waals surface area contributed by atoms with Crippen LogP contribution in [0.3, 0.4) is 0 Å². The van der Waals surface area contributed by atoms with Crippen LogP contribution in [0.2, 0.25) is 0 Å². The zero-order chi connectivity index (χ0) is 24.1. The Bertz CT molecular complexity index is 727. The van der Waals surface area contributed by atoms with E-state index in [1.807, 2.05) is 24.3 Å². The minimum absolute atomic E-state index is 0.0211. The van der Waals surface area contributed by atoms with Crippen molar-refractivity contribution in [2.24, 2.45) is 11.8 Å². The Morgan fingerprint density at radius 2 is 1.12 bits per heavy atom. The highest BCUT2D eigenvalue weighted by Gasteiger charge is 2.21. The first-order valence-corrected chi connectivity index (χ1v) is 14.0. The average molecular weight is 584 g/mol. The maximum atomic E-state index is 9.12. The quantitative estimate of drug-likeness (QED) is 0.378. The molecular formula is C28H40Br2O3. The second-order valence-corrected chi connectivity index (χ2v) is 11.0. The minimum atomic E-state index is 0.0211. The van der Waals surface area contributed by atoms with Gasteiger partial charge in [-0.2, -0.15) is 0 Å². The Labute approximate surface area is 217 Å². The van der Waals surface area contributed by atoms with E-state index in [2.05, 4.69) is 45.7 Å². The highest BCUT2D eigenvalue weighted by molar-refractivity contribution is 9.10. The molecular weight excluding hydrogens is 544 g/mol. The van der Waals surface area contributed by atoms with Crippen molar-refractivity contribution in [2.45, 2.75) is 90.3 Å². The van der Waals surface area contributed by atoms with Crippen LogP contribution in [0, 0.1) is 11.8 Å². The smallest absolute Gasteiger partial charge is 0.119 e. The van der Waals surface area contributed by atoms with Crippen LogP contribution in [-0.2, 0) is 0 Å². The Hall–Kier alpha value is -1.04. The van der Waals surface area contributed by atoms with E-state index in [1.54, 1.807) is 24.3 Å². The van der Waals surface area contributed by atoms with E-state index in [1.165, 1.54) is 51.4 Å². The van der Waals surface area contributed by atoms with Gasteiger partial charge in [-0.25, -0.2) is 0 Å². The topological polar surface area (TPSA) is 49.7 Å². The number of ether oxygens (including phenoxy) is 1. The van der Waals surface area contributed by atoms with Crippen LogP contribution in [0.25, 0.3) is 0 Å². The summed E-state index contributed by atoms with van der Waals surface area (Å²) in [6.45, 7) is 4.53.